The van der Waals surface area contributed by atoms with Gasteiger partial charge in [0.25, 0.3) is 0 Å². The summed E-state index contributed by atoms with van der Waals surface area (Å²) < 4.78 is 0. The van der Waals surface area contributed by atoms with E-state index in [1.165, 1.54) is 0 Å². The van der Waals surface area contributed by atoms with E-state index < -0.39 is 11.4 Å². The topological polar surface area (TPSA) is 72.2 Å². The van der Waals surface area contributed by atoms with Gasteiger partial charge in [-0.05, 0) is 12.8 Å². The molecule has 0 aromatic rings. The van der Waals surface area contributed by atoms with Crippen molar-refractivity contribution in [2.75, 3.05) is 0 Å². The van der Waals surface area contributed by atoms with Crippen LogP contribution in [0.5, 0.6) is 0 Å². The highest BCUT2D eigenvalue weighted by Crippen LogP contribution is 2.14. The van der Waals surface area contributed by atoms with E-state index in [9.17, 15) is 9.59 Å². The number of rotatable bonds is 4. The molecule has 0 aliphatic carbocycles. The van der Waals surface area contributed by atoms with Crippen LogP contribution >= 0.6 is 0 Å². The Morgan fingerprint density at radius 2 is 2.09 bits per heavy atom. The van der Waals surface area contributed by atoms with Crippen molar-refractivity contribution in [3.05, 3.63) is 0 Å². The maximum atomic E-state index is 10.9. The fourth-order valence-corrected chi connectivity index (χ4v) is 0.645. The molecule has 3 N–H and O–H groups in total. The Labute approximate surface area is 66.1 Å². The third kappa shape index (κ3) is 1.93. The summed E-state index contributed by atoms with van der Waals surface area (Å²) in [4.78, 5) is 21.0. The molecule has 0 radical (unpaired) electrons. The summed E-state index contributed by atoms with van der Waals surface area (Å²) in [6.07, 6.45) is 0.491. The first-order valence-corrected chi connectivity index (χ1v) is 3.46. The third-order valence-corrected chi connectivity index (χ3v) is 2.03. The molecule has 64 valence electrons. The van der Waals surface area contributed by atoms with E-state index in [1.807, 2.05) is 13.8 Å². The van der Waals surface area contributed by atoms with Crippen LogP contribution in [-0.4, -0.2) is 17.9 Å². The first kappa shape index (κ1) is 9.94. The van der Waals surface area contributed by atoms with Crippen molar-refractivity contribution in [1.29, 1.82) is 0 Å². The highest BCUT2D eigenvalue weighted by Gasteiger charge is 2.33. The molecule has 0 aliphatic rings. The van der Waals surface area contributed by atoms with Crippen LogP contribution in [0.1, 0.15) is 20.8 Å². The molecule has 0 saturated heterocycles. The van der Waals surface area contributed by atoms with E-state index in [0.29, 0.717) is 6.41 Å². The largest absolute Gasteiger partial charge is 0.368 e. The lowest BCUT2D eigenvalue weighted by molar-refractivity contribution is -0.128. The van der Waals surface area contributed by atoms with Crippen molar-refractivity contribution in [3.63, 3.8) is 0 Å². The van der Waals surface area contributed by atoms with Crippen molar-refractivity contribution >= 4 is 12.3 Å². The normalized spacial score (nSPS) is 15.6. The number of carbonyl (C=O) groups is 2. The smallest absolute Gasteiger partial charge is 0.243 e. The lowest BCUT2D eigenvalue weighted by atomic mass is 9.88. The molecule has 0 aliphatic heterocycles. The molecule has 0 aromatic carbocycles. The summed E-state index contributed by atoms with van der Waals surface area (Å²) in [6.45, 7) is 5.25. The molecule has 0 spiro atoms. The zero-order valence-electron chi connectivity index (χ0n) is 7.05. The summed E-state index contributed by atoms with van der Waals surface area (Å²) in [6, 6.07) is 0. The zero-order chi connectivity index (χ0) is 9.07. The lowest BCUT2D eigenvalue weighted by Gasteiger charge is -2.29. The molecule has 0 saturated carbocycles. The summed E-state index contributed by atoms with van der Waals surface area (Å²) in [7, 11) is 0. The standard InChI is InChI=1S/C7H14N2O2/c1-5(2)7(3,6(8)11)9-4-10/h4-5H,1-3H3,(H2,8,11)(H,9,10). The molecule has 0 fully saturated rings. The summed E-state index contributed by atoms with van der Waals surface area (Å²) in [5.74, 6) is -0.523. The predicted molar refractivity (Wildman–Crippen MR) is 41.6 cm³/mol. The van der Waals surface area contributed by atoms with E-state index in [-0.39, 0.29) is 5.92 Å². The van der Waals surface area contributed by atoms with Gasteiger partial charge in [-0.15, -0.1) is 0 Å². The van der Waals surface area contributed by atoms with Crippen LogP contribution in [0.3, 0.4) is 0 Å². The Balaban J connectivity index is 4.51. The van der Waals surface area contributed by atoms with Crippen molar-refractivity contribution in [1.82, 2.24) is 5.32 Å². The van der Waals surface area contributed by atoms with E-state index >= 15 is 0 Å². The molecule has 0 bridgehead atoms. The van der Waals surface area contributed by atoms with Gasteiger partial charge in [0.15, 0.2) is 0 Å². The SMILES string of the molecule is CC(C)C(C)(NC=O)C(N)=O. The van der Waals surface area contributed by atoms with Crippen LogP contribution in [0.15, 0.2) is 0 Å². The molecule has 0 aromatic heterocycles. The van der Waals surface area contributed by atoms with Gasteiger partial charge in [0.2, 0.25) is 12.3 Å². The predicted octanol–water partition coefficient (Wildman–Crippen LogP) is -0.368. The van der Waals surface area contributed by atoms with Crippen molar-refractivity contribution < 1.29 is 9.59 Å². The van der Waals surface area contributed by atoms with Crippen LogP contribution in [-0.2, 0) is 9.59 Å². The Bertz CT molecular complexity index is 168. The van der Waals surface area contributed by atoms with Gasteiger partial charge in [-0.25, -0.2) is 0 Å². The van der Waals surface area contributed by atoms with Gasteiger partial charge in [0.05, 0.1) is 0 Å². The highest BCUT2D eigenvalue weighted by atomic mass is 16.2. The van der Waals surface area contributed by atoms with Gasteiger partial charge in [-0.3, -0.25) is 9.59 Å². The second-order valence-corrected chi connectivity index (χ2v) is 2.98. The minimum atomic E-state index is -0.929. The van der Waals surface area contributed by atoms with Gasteiger partial charge in [0, 0.05) is 0 Å². The number of hydrogen-bond acceptors (Lipinski definition) is 2. The van der Waals surface area contributed by atoms with E-state index in [4.69, 9.17) is 5.73 Å². The van der Waals surface area contributed by atoms with Gasteiger partial charge < -0.3 is 11.1 Å². The minimum Gasteiger partial charge on any atom is -0.368 e. The lowest BCUT2D eigenvalue weighted by Crippen LogP contribution is -2.56. The fraction of sp³-hybridized carbons (Fsp3) is 0.714. The quantitative estimate of drug-likeness (QED) is 0.548. The van der Waals surface area contributed by atoms with Crippen molar-refractivity contribution in [3.8, 4) is 0 Å². The second kappa shape index (κ2) is 3.37. The number of nitrogens with one attached hydrogen (secondary N) is 1. The number of amides is 2. The average Bonchev–Trinajstić information content (AvgIpc) is 1.87. The van der Waals surface area contributed by atoms with Crippen molar-refractivity contribution in [2.45, 2.75) is 26.3 Å². The number of nitrogens with two attached hydrogens (primary N) is 1. The van der Waals surface area contributed by atoms with Gasteiger partial charge in [-0.2, -0.15) is 0 Å². The van der Waals surface area contributed by atoms with E-state index in [2.05, 4.69) is 5.32 Å². The van der Waals surface area contributed by atoms with Gasteiger partial charge in [0.1, 0.15) is 5.54 Å². The Kier molecular flexibility index (Phi) is 3.04. The first-order valence-electron chi connectivity index (χ1n) is 3.46. The zero-order valence-corrected chi connectivity index (χ0v) is 7.05. The van der Waals surface area contributed by atoms with Crippen LogP contribution in [0.4, 0.5) is 0 Å². The van der Waals surface area contributed by atoms with Crippen molar-refractivity contribution in [2.24, 2.45) is 11.7 Å². The van der Waals surface area contributed by atoms with Gasteiger partial charge in [-0.1, -0.05) is 13.8 Å². The highest BCUT2D eigenvalue weighted by molar-refractivity contribution is 5.86. The molecule has 11 heavy (non-hydrogen) atoms. The van der Waals surface area contributed by atoms with Crippen LogP contribution in [0, 0.1) is 5.92 Å². The molecular formula is C7H14N2O2. The molecule has 0 rings (SSSR count). The van der Waals surface area contributed by atoms with Crippen LogP contribution in [0.25, 0.3) is 0 Å². The molecule has 1 unspecified atom stereocenters. The first-order chi connectivity index (χ1) is 4.95. The maximum absolute atomic E-state index is 10.9. The van der Waals surface area contributed by atoms with Crippen LogP contribution < -0.4 is 11.1 Å². The number of carbonyl (C=O) groups excluding carboxylic acids is 2. The van der Waals surface area contributed by atoms with E-state index in [1.54, 1.807) is 6.92 Å². The second-order valence-electron chi connectivity index (χ2n) is 2.98. The number of primary amides is 1. The fourth-order valence-electron chi connectivity index (χ4n) is 0.645. The Morgan fingerprint density at radius 1 is 1.64 bits per heavy atom. The summed E-state index contributed by atoms with van der Waals surface area (Å²) in [5, 5.41) is 2.40. The third-order valence-electron chi connectivity index (χ3n) is 2.03. The monoisotopic (exact) mass is 158 g/mol. The molecule has 4 nitrogen and oxygen atoms in total. The number of hydrogen-bond donors (Lipinski definition) is 2. The summed E-state index contributed by atoms with van der Waals surface area (Å²) in [5.41, 5.74) is 4.17. The minimum absolute atomic E-state index is 0.00907. The van der Waals surface area contributed by atoms with Crippen LogP contribution in [0.2, 0.25) is 0 Å². The molecule has 2 amide bonds. The molecule has 0 heterocycles. The molecular weight excluding hydrogens is 144 g/mol. The molecule has 1 atom stereocenters. The Morgan fingerprint density at radius 3 is 2.18 bits per heavy atom. The summed E-state index contributed by atoms with van der Waals surface area (Å²) >= 11 is 0. The molecule has 4 heteroatoms. The Hall–Kier alpha value is -1.06. The van der Waals surface area contributed by atoms with Gasteiger partial charge >= 0.3 is 0 Å². The maximum Gasteiger partial charge on any atom is 0.243 e. The van der Waals surface area contributed by atoms with E-state index in [0.717, 1.165) is 0 Å². The average molecular weight is 158 g/mol.